The van der Waals surface area contributed by atoms with Gasteiger partial charge in [-0.15, -0.1) is 0 Å². The third-order valence-corrected chi connectivity index (χ3v) is 9.34. The molecule has 1 aromatic carbocycles. The number of carbonyl (C=O) groups is 1. The number of likely N-dealkylation sites (tertiary alicyclic amines) is 1. The Bertz CT molecular complexity index is 1350. The summed E-state index contributed by atoms with van der Waals surface area (Å²) in [6.45, 7) is 4.66. The molecule has 0 bridgehead atoms. The number of fused-ring (bicyclic) bond motifs is 2. The van der Waals surface area contributed by atoms with Gasteiger partial charge in [-0.25, -0.2) is 4.79 Å². The molecule has 1 unspecified atom stereocenters. The Hall–Kier alpha value is -3.05. The number of aromatic nitrogens is 2. The van der Waals surface area contributed by atoms with Crippen molar-refractivity contribution in [2.75, 3.05) is 13.1 Å². The summed E-state index contributed by atoms with van der Waals surface area (Å²) in [5.41, 5.74) is 7.49. The maximum Gasteiger partial charge on any atom is 0.317 e. The number of aryl methyl sites for hydroxylation is 2. The monoisotopic (exact) mass is 542 g/mol. The van der Waals surface area contributed by atoms with Crippen LogP contribution in [0.25, 0.3) is 11.6 Å². The summed E-state index contributed by atoms with van der Waals surface area (Å²) in [6.07, 6.45) is 15.3. The first kappa shape index (κ1) is 26.2. The number of piperidine rings is 1. The van der Waals surface area contributed by atoms with E-state index in [1.54, 1.807) is 0 Å². The molecule has 1 aliphatic heterocycles. The Morgan fingerprint density at radius 2 is 1.87 bits per heavy atom. The minimum Gasteiger partial charge on any atom is -0.351 e. The number of nitrogens with zero attached hydrogens (tertiary/aromatic N) is 3. The molecule has 2 fully saturated rings. The van der Waals surface area contributed by atoms with E-state index in [-0.39, 0.29) is 11.9 Å². The van der Waals surface area contributed by atoms with Crippen LogP contribution in [0, 0.1) is 12.8 Å². The molecule has 6 heteroatoms. The summed E-state index contributed by atoms with van der Waals surface area (Å²) in [7, 11) is 0. The van der Waals surface area contributed by atoms with Gasteiger partial charge in [-0.3, -0.25) is 4.98 Å². The number of benzene rings is 1. The van der Waals surface area contributed by atoms with Gasteiger partial charge in [-0.1, -0.05) is 49.1 Å². The van der Waals surface area contributed by atoms with Crippen LogP contribution in [-0.2, 0) is 6.54 Å². The minimum atomic E-state index is 0.121. The van der Waals surface area contributed by atoms with Crippen LogP contribution in [0.15, 0.2) is 54.9 Å². The number of rotatable bonds is 5. The number of hydrogen-bond acceptors (Lipinski definition) is 2. The lowest BCUT2D eigenvalue weighted by Crippen LogP contribution is -2.48. The topological polar surface area (TPSA) is 50.2 Å². The number of hydrogen-bond donors (Lipinski definition) is 1. The van der Waals surface area contributed by atoms with E-state index in [2.05, 4.69) is 65.5 Å². The molecule has 39 heavy (non-hydrogen) atoms. The van der Waals surface area contributed by atoms with E-state index in [0.717, 1.165) is 56.8 Å². The van der Waals surface area contributed by atoms with Crippen LogP contribution >= 0.6 is 11.6 Å². The van der Waals surface area contributed by atoms with E-state index in [0.29, 0.717) is 12.0 Å². The predicted molar refractivity (Wildman–Crippen MR) is 159 cm³/mol. The molecule has 2 amide bonds. The number of allylic oxidation sites excluding steroid dienone is 1. The number of nitrogens with one attached hydrogen (secondary N) is 1. The van der Waals surface area contributed by atoms with Gasteiger partial charge in [0, 0.05) is 54.7 Å². The molecule has 5 nitrogen and oxygen atoms in total. The fourth-order valence-corrected chi connectivity index (χ4v) is 7.11. The minimum absolute atomic E-state index is 0.121. The maximum absolute atomic E-state index is 13.1. The second-order valence-electron chi connectivity index (χ2n) is 11.6. The van der Waals surface area contributed by atoms with Crippen molar-refractivity contribution in [2.45, 2.75) is 76.8 Å². The number of urea groups is 1. The zero-order valence-corrected chi connectivity index (χ0v) is 23.7. The van der Waals surface area contributed by atoms with Crippen molar-refractivity contribution in [3.05, 3.63) is 88.0 Å². The fourth-order valence-electron chi connectivity index (χ4n) is 6.93. The normalized spacial score (nSPS) is 20.1. The molecule has 2 aromatic heterocycles. The largest absolute Gasteiger partial charge is 0.351 e. The third-order valence-electron chi connectivity index (χ3n) is 9.10. The van der Waals surface area contributed by atoms with E-state index in [1.807, 2.05) is 17.2 Å². The van der Waals surface area contributed by atoms with Crippen molar-refractivity contribution in [1.29, 1.82) is 0 Å². The van der Waals surface area contributed by atoms with Crippen LogP contribution in [-0.4, -0.2) is 39.6 Å². The fraction of sp³-hybridized carbons (Fsp3) is 0.455. The smallest absolute Gasteiger partial charge is 0.317 e. The van der Waals surface area contributed by atoms with Crippen molar-refractivity contribution in [3.63, 3.8) is 0 Å². The Morgan fingerprint density at radius 3 is 2.64 bits per heavy atom. The highest BCUT2D eigenvalue weighted by Gasteiger charge is 2.35. The van der Waals surface area contributed by atoms with Gasteiger partial charge >= 0.3 is 6.03 Å². The molecule has 1 atom stereocenters. The molecule has 204 valence electrons. The van der Waals surface area contributed by atoms with E-state index < -0.39 is 0 Å². The Labute approximate surface area is 237 Å². The van der Waals surface area contributed by atoms with Gasteiger partial charge in [-0.2, -0.15) is 0 Å². The van der Waals surface area contributed by atoms with Gasteiger partial charge < -0.3 is 14.8 Å². The predicted octanol–water partition coefficient (Wildman–Crippen LogP) is 7.68. The molecule has 3 aromatic rings. The second-order valence-corrected chi connectivity index (χ2v) is 12.0. The van der Waals surface area contributed by atoms with E-state index in [9.17, 15) is 4.79 Å². The zero-order valence-electron chi connectivity index (χ0n) is 22.9. The lowest BCUT2D eigenvalue weighted by Gasteiger charge is -2.37. The quantitative estimate of drug-likeness (QED) is 0.359. The van der Waals surface area contributed by atoms with Crippen LogP contribution in [0.1, 0.15) is 85.4 Å². The van der Waals surface area contributed by atoms with Crippen molar-refractivity contribution in [3.8, 4) is 0 Å². The van der Waals surface area contributed by atoms with Gasteiger partial charge in [0.1, 0.15) is 0 Å². The molecular formula is C33H39ClN4O. The molecule has 0 radical (unpaired) electrons. The number of halogens is 1. The van der Waals surface area contributed by atoms with Crippen LogP contribution < -0.4 is 5.32 Å². The first-order valence-corrected chi connectivity index (χ1v) is 15.1. The van der Waals surface area contributed by atoms with Crippen LogP contribution in [0.3, 0.4) is 0 Å². The lowest BCUT2D eigenvalue weighted by molar-refractivity contribution is 0.160. The van der Waals surface area contributed by atoms with Crippen molar-refractivity contribution in [1.82, 2.24) is 19.8 Å². The van der Waals surface area contributed by atoms with Gasteiger partial charge in [0.2, 0.25) is 0 Å². The zero-order chi connectivity index (χ0) is 26.8. The number of amides is 2. The highest BCUT2D eigenvalue weighted by molar-refractivity contribution is 6.30. The standard InChI is InChI=1S/C33H39ClN4O/c1-23-7-6-17-37(23)18-15-25-21-26-22-27(34)11-12-29(26)31(32-30(25)10-5-16-35-32)24-13-19-38(20-14-24)33(39)36-28-8-3-2-4-9-28/h5-7,10-12,16-17,21-22,24,28,31H,2-4,8-9,13-15,18-20H2,1H3,(H,36,39). The molecule has 0 spiro atoms. The summed E-state index contributed by atoms with van der Waals surface area (Å²) in [5, 5.41) is 4.08. The Morgan fingerprint density at radius 1 is 1.05 bits per heavy atom. The molecule has 1 N–H and O–H groups in total. The summed E-state index contributed by atoms with van der Waals surface area (Å²) in [5.74, 6) is 0.593. The Balaban J connectivity index is 1.25. The van der Waals surface area contributed by atoms with E-state index in [1.165, 1.54) is 52.9 Å². The molecule has 3 heterocycles. The van der Waals surface area contributed by atoms with Crippen molar-refractivity contribution < 1.29 is 4.79 Å². The molecule has 1 saturated heterocycles. The van der Waals surface area contributed by atoms with Gasteiger partial charge in [-0.05, 0) is 97.5 Å². The molecule has 1 saturated carbocycles. The summed E-state index contributed by atoms with van der Waals surface area (Å²) in [6, 6.07) is 15.4. The summed E-state index contributed by atoms with van der Waals surface area (Å²) in [4.78, 5) is 20.1. The number of carbonyl (C=O) groups excluding carboxylic acids is 1. The van der Waals surface area contributed by atoms with Crippen molar-refractivity contribution in [2.24, 2.45) is 5.92 Å². The highest BCUT2D eigenvalue weighted by atomic mass is 35.5. The van der Waals surface area contributed by atoms with Crippen LogP contribution in [0.5, 0.6) is 0 Å². The van der Waals surface area contributed by atoms with Crippen LogP contribution in [0.4, 0.5) is 4.79 Å². The average molecular weight is 543 g/mol. The average Bonchev–Trinajstić information content (AvgIpc) is 3.31. The lowest BCUT2D eigenvalue weighted by atomic mass is 9.76. The maximum atomic E-state index is 13.1. The van der Waals surface area contributed by atoms with E-state index in [4.69, 9.17) is 16.6 Å². The second kappa shape index (κ2) is 11.6. The van der Waals surface area contributed by atoms with Gasteiger partial charge in [0.25, 0.3) is 0 Å². The Kier molecular flexibility index (Phi) is 7.78. The third kappa shape index (κ3) is 5.65. The van der Waals surface area contributed by atoms with E-state index >= 15 is 0 Å². The van der Waals surface area contributed by atoms with Gasteiger partial charge in [0.15, 0.2) is 0 Å². The van der Waals surface area contributed by atoms with Crippen LogP contribution in [0.2, 0.25) is 5.02 Å². The van der Waals surface area contributed by atoms with Crippen molar-refractivity contribution >= 4 is 29.3 Å². The molecule has 2 aliphatic carbocycles. The molecular weight excluding hydrogens is 504 g/mol. The number of pyridine rings is 1. The van der Waals surface area contributed by atoms with Gasteiger partial charge in [0.05, 0.1) is 5.69 Å². The first-order valence-electron chi connectivity index (χ1n) is 14.7. The summed E-state index contributed by atoms with van der Waals surface area (Å²) < 4.78 is 2.31. The SMILES string of the molecule is Cc1cccn1CCC1=Cc2cc(Cl)ccc2C(C2CCN(C(=O)NC3CCCCC3)CC2)c2ncccc21. The first-order chi connectivity index (χ1) is 19.1. The molecule has 6 rings (SSSR count). The highest BCUT2D eigenvalue weighted by Crippen LogP contribution is 2.45. The molecule has 3 aliphatic rings. The summed E-state index contributed by atoms with van der Waals surface area (Å²) >= 11 is 6.54.